The summed E-state index contributed by atoms with van der Waals surface area (Å²) in [5.41, 5.74) is 5.70. The molecular formula is C21H25F3N4O2. The lowest BCUT2D eigenvalue weighted by Gasteiger charge is -2.40. The summed E-state index contributed by atoms with van der Waals surface area (Å²) in [5.74, 6) is -0.0900. The molecule has 6 nitrogen and oxygen atoms in total. The number of likely N-dealkylation sites (tertiary alicyclic amines) is 1. The Morgan fingerprint density at radius 1 is 1.20 bits per heavy atom. The zero-order valence-electron chi connectivity index (χ0n) is 16.7. The van der Waals surface area contributed by atoms with Gasteiger partial charge < -0.3 is 20.3 Å². The van der Waals surface area contributed by atoms with Crippen molar-refractivity contribution in [1.29, 1.82) is 0 Å². The third-order valence-electron chi connectivity index (χ3n) is 5.78. The Labute approximate surface area is 172 Å². The third-order valence-corrected chi connectivity index (χ3v) is 5.78. The van der Waals surface area contributed by atoms with Crippen molar-refractivity contribution >= 4 is 22.5 Å². The highest BCUT2D eigenvalue weighted by Crippen LogP contribution is 2.38. The van der Waals surface area contributed by atoms with Gasteiger partial charge in [-0.25, -0.2) is 0 Å². The Kier molecular flexibility index (Phi) is 5.59. The van der Waals surface area contributed by atoms with Crippen molar-refractivity contribution < 1.29 is 22.7 Å². The molecule has 2 aliphatic rings. The molecule has 2 aliphatic heterocycles. The number of rotatable bonds is 2. The third kappa shape index (κ3) is 4.09. The largest absolute Gasteiger partial charge is 0.418 e. The van der Waals surface area contributed by atoms with Crippen LogP contribution < -0.4 is 10.6 Å². The van der Waals surface area contributed by atoms with Crippen LogP contribution in [0, 0.1) is 0 Å². The van der Waals surface area contributed by atoms with Crippen LogP contribution in [-0.4, -0.2) is 60.2 Å². The quantitative estimate of drug-likeness (QED) is 0.806. The molecule has 0 saturated carbocycles. The van der Waals surface area contributed by atoms with Crippen molar-refractivity contribution in [2.24, 2.45) is 5.73 Å². The summed E-state index contributed by atoms with van der Waals surface area (Å²) in [6.07, 6.45) is -2.53. The highest BCUT2D eigenvalue weighted by atomic mass is 19.4. The Balaban J connectivity index is 1.62. The molecule has 2 atom stereocenters. The molecule has 1 amide bonds. The van der Waals surface area contributed by atoms with Gasteiger partial charge in [0.2, 0.25) is 0 Å². The molecule has 2 saturated heterocycles. The standard InChI is InChI=1S/C21H25F3N4O2/c1-13-11-28(12-18(30-13)20(29)27-9-6-14(25)7-10-27)17-5-4-16(21(22,23)24)19-15(17)3-2-8-26-19/h2-5,8,13-14,18H,6-7,9-12,25H2,1H3/t13-,18-/m1/s1. The van der Waals surface area contributed by atoms with Gasteiger partial charge in [0.25, 0.3) is 5.91 Å². The molecule has 0 unspecified atom stereocenters. The van der Waals surface area contributed by atoms with Crippen LogP contribution in [0.5, 0.6) is 0 Å². The van der Waals surface area contributed by atoms with Gasteiger partial charge in [0.1, 0.15) is 0 Å². The number of hydrogen-bond donors (Lipinski definition) is 1. The second-order valence-corrected chi connectivity index (χ2v) is 8.03. The van der Waals surface area contributed by atoms with Crippen molar-refractivity contribution in [3.05, 3.63) is 36.0 Å². The lowest BCUT2D eigenvalue weighted by molar-refractivity contribution is -0.149. The summed E-state index contributed by atoms with van der Waals surface area (Å²) in [5, 5.41) is 0.413. The van der Waals surface area contributed by atoms with Crippen LogP contribution in [0.3, 0.4) is 0 Å². The molecule has 2 aromatic rings. The fraction of sp³-hybridized carbons (Fsp3) is 0.524. The summed E-state index contributed by atoms with van der Waals surface area (Å²) in [4.78, 5) is 20.7. The molecule has 1 aromatic carbocycles. The molecule has 162 valence electrons. The molecule has 1 aromatic heterocycles. The molecule has 30 heavy (non-hydrogen) atoms. The van der Waals surface area contributed by atoms with E-state index < -0.39 is 17.8 Å². The molecule has 9 heteroatoms. The monoisotopic (exact) mass is 422 g/mol. The summed E-state index contributed by atoms with van der Waals surface area (Å²) >= 11 is 0. The van der Waals surface area contributed by atoms with Crippen LogP contribution in [0.1, 0.15) is 25.3 Å². The van der Waals surface area contributed by atoms with Crippen molar-refractivity contribution in [3.63, 3.8) is 0 Å². The normalized spacial score (nSPS) is 23.8. The zero-order chi connectivity index (χ0) is 21.5. The highest BCUT2D eigenvalue weighted by molar-refractivity contribution is 5.94. The van der Waals surface area contributed by atoms with Crippen molar-refractivity contribution in [2.45, 2.75) is 44.2 Å². The smallest absolute Gasteiger partial charge is 0.365 e. The van der Waals surface area contributed by atoms with E-state index in [2.05, 4.69) is 4.98 Å². The van der Waals surface area contributed by atoms with Crippen LogP contribution >= 0.6 is 0 Å². The van der Waals surface area contributed by atoms with Gasteiger partial charge >= 0.3 is 6.18 Å². The lowest BCUT2D eigenvalue weighted by Crippen LogP contribution is -2.55. The number of piperidine rings is 1. The van der Waals surface area contributed by atoms with E-state index in [-0.39, 0.29) is 30.1 Å². The van der Waals surface area contributed by atoms with Crippen molar-refractivity contribution in [2.75, 3.05) is 31.1 Å². The number of anilines is 1. The number of ether oxygens (including phenoxy) is 1. The molecule has 0 spiro atoms. The average molecular weight is 422 g/mol. The van der Waals surface area contributed by atoms with Gasteiger partial charge in [0, 0.05) is 42.9 Å². The van der Waals surface area contributed by atoms with Crippen molar-refractivity contribution in [1.82, 2.24) is 9.88 Å². The second kappa shape index (κ2) is 8.03. The lowest BCUT2D eigenvalue weighted by atomic mass is 10.0. The number of benzene rings is 1. The van der Waals surface area contributed by atoms with Gasteiger partial charge in [-0.2, -0.15) is 13.2 Å². The minimum absolute atomic E-state index is 0.0884. The van der Waals surface area contributed by atoms with E-state index in [9.17, 15) is 18.0 Å². The maximum atomic E-state index is 13.4. The fourth-order valence-corrected chi connectivity index (χ4v) is 4.27. The van der Waals surface area contributed by atoms with E-state index in [1.54, 1.807) is 17.0 Å². The topological polar surface area (TPSA) is 71.7 Å². The Morgan fingerprint density at radius 2 is 1.93 bits per heavy atom. The number of hydrogen-bond acceptors (Lipinski definition) is 5. The number of alkyl halides is 3. The first-order valence-electron chi connectivity index (χ1n) is 10.1. The number of halogens is 3. The first kappa shape index (κ1) is 20.9. The summed E-state index contributed by atoms with van der Waals surface area (Å²) < 4.78 is 46.2. The number of morpholine rings is 1. The van der Waals surface area contributed by atoms with Gasteiger partial charge in [-0.15, -0.1) is 0 Å². The van der Waals surface area contributed by atoms with Gasteiger partial charge in [-0.05, 0) is 44.0 Å². The fourth-order valence-electron chi connectivity index (χ4n) is 4.27. The number of nitrogens with zero attached hydrogens (tertiary/aromatic N) is 3. The van der Waals surface area contributed by atoms with E-state index in [0.29, 0.717) is 30.7 Å². The first-order chi connectivity index (χ1) is 14.2. The zero-order valence-corrected chi connectivity index (χ0v) is 16.7. The SMILES string of the molecule is C[C@@H]1CN(c2ccc(C(F)(F)F)c3ncccc23)C[C@H](C(=O)N2CCC(N)CC2)O1. The van der Waals surface area contributed by atoms with Gasteiger partial charge in [-0.1, -0.05) is 0 Å². The predicted octanol–water partition coefficient (Wildman–Crippen LogP) is 2.80. The van der Waals surface area contributed by atoms with Crippen LogP contribution in [-0.2, 0) is 15.7 Å². The summed E-state index contributed by atoms with van der Waals surface area (Å²) in [6.45, 7) is 3.82. The van der Waals surface area contributed by atoms with Crippen LogP contribution in [0.4, 0.5) is 18.9 Å². The number of fused-ring (bicyclic) bond motifs is 1. The summed E-state index contributed by atoms with van der Waals surface area (Å²) in [7, 11) is 0. The molecule has 2 fully saturated rings. The van der Waals surface area contributed by atoms with E-state index in [1.165, 1.54) is 12.3 Å². The van der Waals surface area contributed by atoms with Gasteiger partial charge in [0.05, 0.1) is 23.7 Å². The van der Waals surface area contributed by atoms with Gasteiger partial charge in [-0.3, -0.25) is 9.78 Å². The molecule has 2 N–H and O–H groups in total. The van der Waals surface area contributed by atoms with E-state index in [4.69, 9.17) is 10.5 Å². The molecule has 0 aliphatic carbocycles. The van der Waals surface area contributed by atoms with E-state index >= 15 is 0 Å². The predicted molar refractivity (Wildman–Crippen MR) is 107 cm³/mol. The minimum atomic E-state index is -4.49. The maximum absolute atomic E-state index is 13.4. The second-order valence-electron chi connectivity index (χ2n) is 8.03. The number of nitrogens with two attached hydrogens (primary N) is 1. The molecule has 4 rings (SSSR count). The molecule has 3 heterocycles. The average Bonchev–Trinajstić information content (AvgIpc) is 2.71. The van der Waals surface area contributed by atoms with E-state index in [0.717, 1.165) is 18.9 Å². The van der Waals surface area contributed by atoms with Crippen LogP contribution in [0.2, 0.25) is 0 Å². The highest BCUT2D eigenvalue weighted by Gasteiger charge is 2.37. The van der Waals surface area contributed by atoms with Crippen LogP contribution in [0.15, 0.2) is 30.5 Å². The number of amides is 1. The number of carbonyl (C=O) groups is 1. The molecular weight excluding hydrogens is 397 g/mol. The Morgan fingerprint density at radius 3 is 2.63 bits per heavy atom. The van der Waals surface area contributed by atoms with E-state index in [1.807, 2.05) is 11.8 Å². The number of pyridine rings is 1. The Hall–Kier alpha value is -2.39. The number of carbonyl (C=O) groups excluding carboxylic acids is 1. The first-order valence-corrected chi connectivity index (χ1v) is 10.1. The van der Waals surface area contributed by atoms with Gasteiger partial charge in [0.15, 0.2) is 6.10 Å². The number of aromatic nitrogens is 1. The summed E-state index contributed by atoms with van der Waals surface area (Å²) in [6, 6.07) is 5.90. The minimum Gasteiger partial charge on any atom is -0.365 e. The Bertz CT molecular complexity index is 928. The molecule has 0 radical (unpaired) electrons. The maximum Gasteiger partial charge on any atom is 0.418 e. The van der Waals surface area contributed by atoms with Crippen molar-refractivity contribution in [3.8, 4) is 0 Å². The van der Waals surface area contributed by atoms with Crippen LogP contribution in [0.25, 0.3) is 10.9 Å². The molecule has 0 bridgehead atoms.